The van der Waals surface area contributed by atoms with Crippen LogP contribution in [0.4, 0.5) is 42.5 Å². The molecule has 0 atom stereocenters. The number of carbonyl (C=O) groups is 2. The minimum absolute atomic E-state index is 0.0133. The highest BCUT2D eigenvalue weighted by Crippen LogP contribution is 2.39. The van der Waals surface area contributed by atoms with E-state index in [9.17, 15) is 35.9 Å². The molecule has 3 rings (SSSR count). The number of carbonyl (C=O) groups excluding carboxylic acids is 2. The lowest BCUT2D eigenvalue weighted by molar-refractivity contribution is -0.138. The largest absolute Gasteiger partial charge is 0.457 e. The second-order valence-corrected chi connectivity index (χ2v) is 9.36. The second-order valence-electron chi connectivity index (χ2n) is 8.96. The molecular formula is C25H20ClF6N3O4. The first-order valence-electron chi connectivity index (χ1n) is 11.0. The minimum atomic E-state index is -4.95. The Bertz CT molecular complexity index is 1390. The van der Waals surface area contributed by atoms with Crippen LogP contribution >= 0.6 is 11.6 Å². The number of anilines is 2. The third-order valence-electron chi connectivity index (χ3n) is 4.65. The van der Waals surface area contributed by atoms with Gasteiger partial charge in [0.1, 0.15) is 17.1 Å². The average molecular weight is 576 g/mol. The highest BCUT2D eigenvalue weighted by atomic mass is 35.5. The lowest BCUT2D eigenvalue weighted by Gasteiger charge is -2.19. The number of hydrogen-bond donors (Lipinski definition) is 2. The molecule has 2 amide bonds. The summed E-state index contributed by atoms with van der Waals surface area (Å²) in [6.45, 7) is 4.94. The van der Waals surface area contributed by atoms with Gasteiger partial charge in [0.25, 0.3) is 0 Å². The van der Waals surface area contributed by atoms with Crippen LogP contribution in [-0.4, -0.2) is 22.6 Å². The molecule has 39 heavy (non-hydrogen) atoms. The first kappa shape index (κ1) is 29.6. The van der Waals surface area contributed by atoms with E-state index in [0.29, 0.717) is 12.1 Å². The fraction of sp³-hybridized carbons (Fsp3) is 0.240. The average Bonchev–Trinajstić information content (AvgIpc) is 2.79. The summed E-state index contributed by atoms with van der Waals surface area (Å²) in [5.41, 5.74) is -4.52. The van der Waals surface area contributed by atoms with Crippen molar-refractivity contribution in [2.45, 2.75) is 38.7 Å². The molecule has 0 unspecified atom stereocenters. The normalized spacial score (nSPS) is 12.1. The fourth-order valence-corrected chi connectivity index (χ4v) is 3.31. The lowest BCUT2D eigenvalue weighted by Crippen LogP contribution is -2.24. The van der Waals surface area contributed by atoms with Gasteiger partial charge in [0.05, 0.1) is 21.8 Å². The van der Waals surface area contributed by atoms with Crippen LogP contribution in [0.3, 0.4) is 0 Å². The lowest BCUT2D eigenvalue weighted by atomic mass is 10.1. The molecule has 0 spiro atoms. The topological polar surface area (TPSA) is 89.5 Å². The second kappa shape index (κ2) is 11.0. The molecule has 0 saturated heterocycles. The summed E-state index contributed by atoms with van der Waals surface area (Å²) in [5.74, 6) is -1.07. The van der Waals surface area contributed by atoms with Crippen molar-refractivity contribution in [3.63, 3.8) is 0 Å². The molecule has 0 radical (unpaired) electrons. The van der Waals surface area contributed by atoms with Gasteiger partial charge in [-0.15, -0.1) is 0 Å². The van der Waals surface area contributed by atoms with Gasteiger partial charge in [0, 0.05) is 18.0 Å². The quantitative estimate of drug-likeness (QED) is 0.237. The van der Waals surface area contributed by atoms with E-state index in [2.05, 4.69) is 4.98 Å². The van der Waals surface area contributed by atoms with Gasteiger partial charge < -0.3 is 20.1 Å². The summed E-state index contributed by atoms with van der Waals surface area (Å²) in [6.07, 6.45) is -8.56. The summed E-state index contributed by atoms with van der Waals surface area (Å²) in [6, 6.07) is 6.36. The van der Waals surface area contributed by atoms with Crippen molar-refractivity contribution in [3.05, 3.63) is 76.6 Å². The van der Waals surface area contributed by atoms with Gasteiger partial charge >= 0.3 is 24.4 Å². The number of halogens is 7. The summed E-state index contributed by atoms with van der Waals surface area (Å²) in [7, 11) is 0. The Morgan fingerprint density at radius 2 is 1.46 bits per heavy atom. The van der Waals surface area contributed by atoms with Crippen LogP contribution < -0.4 is 15.4 Å². The Morgan fingerprint density at radius 1 is 0.821 bits per heavy atom. The van der Waals surface area contributed by atoms with Crippen molar-refractivity contribution >= 4 is 35.0 Å². The van der Waals surface area contributed by atoms with Crippen LogP contribution in [-0.2, 0) is 17.1 Å². The first-order valence-corrected chi connectivity index (χ1v) is 11.3. The molecular weight excluding hydrogens is 556 g/mol. The Hall–Kier alpha value is -4.00. The fourth-order valence-electron chi connectivity index (χ4n) is 3.09. The molecule has 2 aromatic carbocycles. The van der Waals surface area contributed by atoms with E-state index in [1.165, 1.54) is 18.3 Å². The number of amides is 2. The zero-order chi connectivity index (χ0) is 29.2. The van der Waals surface area contributed by atoms with E-state index in [4.69, 9.17) is 21.1 Å². The Kier molecular flexibility index (Phi) is 8.34. The number of hydrogen-bond acceptors (Lipinski definition) is 5. The van der Waals surface area contributed by atoms with Crippen LogP contribution in [0.2, 0.25) is 5.02 Å². The standard InChI is InChI=1S/C25H20ClF6N3O4/c1-23(2,3)39-21(36)20-12-15(8-9-33-20)38-14-5-7-19(17(11-14)25(30,31)32)35-22(37)34-13-4-6-18(26)16(10-13)24(27,28)29/h4-12H,1-3H3,(H2,34,35,37). The van der Waals surface area contributed by atoms with Crippen molar-refractivity contribution in [3.8, 4) is 11.5 Å². The molecule has 0 bridgehead atoms. The number of benzene rings is 2. The third-order valence-corrected chi connectivity index (χ3v) is 4.98. The molecule has 0 saturated carbocycles. The zero-order valence-electron chi connectivity index (χ0n) is 20.4. The van der Waals surface area contributed by atoms with Crippen molar-refractivity contribution < 1.29 is 45.4 Å². The Morgan fingerprint density at radius 3 is 2.08 bits per heavy atom. The molecule has 0 fully saturated rings. The van der Waals surface area contributed by atoms with Crippen LogP contribution in [0.15, 0.2) is 54.7 Å². The van der Waals surface area contributed by atoms with Gasteiger partial charge in [-0.3, -0.25) is 0 Å². The maximum Gasteiger partial charge on any atom is 0.418 e. The molecule has 14 heteroatoms. The molecule has 7 nitrogen and oxygen atoms in total. The third kappa shape index (κ3) is 8.24. The van der Waals surface area contributed by atoms with E-state index >= 15 is 0 Å². The van der Waals surface area contributed by atoms with Gasteiger partial charge in [0.2, 0.25) is 0 Å². The van der Waals surface area contributed by atoms with Crippen LogP contribution in [0.1, 0.15) is 42.4 Å². The first-order chi connectivity index (χ1) is 17.9. The predicted molar refractivity (Wildman–Crippen MR) is 130 cm³/mol. The van der Waals surface area contributed by atoms with Gasteiger partial charge in [-0.25, -0.2) is 14.6 Å². The highest BCUT2D eigenvalue weighted by Gasteiger charge is 2.35. The number of aromatic nitrogens is 1. The van der Waals surface area contributed by atoms with Gasteiger partial charge in [-0.2, -0.15) is 26.3 Å². The van der Waals surface area contributed by atoms with Gasteiger partial charge in [-0.05, 0) is 63.2 Å². The number of alkyl halides is 6. The van der Waals surface area contributed by atoms with E-state index in [1.54, 1.807) is 20.8 Å². The van der Waals surface area contributed by atoms with Crippen molar-refractivity contribution in [2.75, 3.05) is 10.6 Å². The Labute approximate surface area is 223 Å². The molecule has 0 aliphatic carbocycles. The molecule has 1 heterocycles. The zero-order valence-corrected chi connectivity index (χ0v) is 21.2. The van der Waals surface area contributed by atoms with Crippen molar-refractivity contribution in [1.82, 2.24) is 4.98 Å². The van der Waals surface area contributed by atoms with Crippen molar-refractivity contribution in [2.24, 2.45) is 0 Å². The number of pyridine rings is 1. The minimum Gasteiger partial charge on any atom is -0.457 e. The molecule has 3 aromatic rings. The van der Waals surface area contributed by atoms with Gasteiger partial charge in [-0.1, -0.05) is 11.6 Å². The van der Waals surface area contributed by atoms with Crippen molar-refractivity contribution in [1.29, 1.82) is 0 Å². The summed E-state index contributed by atoms with van der Waals surface area (Å²) in [4.78, 5) is 28.4. The smallest absolute Gasteiger partial charge is 0.418 e. The van der Waals surface area contributed by atoms with E-state index in [1.807, 2.05) is 10.6 Å². The number of nitrogens with zero attached hydrogens (tertiary/aromatic N) is 1. The molecule has 0 aliphatic rings. The number of urea groups is 1. The highest BCUT2D eigenvalue weighted by molar-refractivity contribution is 6.31. The van der Waals surface area contributed by atoms with Crippen LogP contribution in [0.25, 0.3) is 0 Å². The van der Waals surface area contributed by atoms with E-state index in [-0.39, 0.29) is 22.9 Å². The summed E-state index contributed by atoms with van der Waals surface area (Å²) >= 11 is 5.53. The maximum absolute atomic E-state index is 13.8. The van der Waals surface area contributed by atoms with Crippen LogP contribution in [0.5, 0.6) is 11.5 Å². The molecule has 0 aliphatic heterocycles. The number of nitrogens with one attached hydrogen (secondary N) is 2. The van der Waals surface area contributed by atoms with Gasteiger partial charge in [0.15, 0.2) is 5.69 Å². The number of esters is 1. The number of ether oxygens (including phenoxy) is 2. The molecule has 2 N–H and O–H groups in total. The number of rotatable bonds is 5. The van der Waals surface area contributed by atoms with E-state index < -0.39 is 51.8 Å². The predicted octanol–water partition coefficient (Wildman–Crippen LogP) is 8.16. The summed E-state index contributed by atoms with van der Waals surface area (Å²) < 4.78 is 91.1. The monoisotopic (exact) mass is 575 g/mol. The maximum atomic E-state index is 13.8. The molecule has 1 aromatic heterocycles. The summed E-state index contributed by atoms with van der Waals surface area (Å²) in [5, 5.41) is 3.39. The SMILES string of the molecule is CC(C)(C)OC(=O)c1cc(Oc2ccc(NC(=O)Nc3ccc(Cl)c(C(F)(F)F)c3)c(C(F)(F)F)c2)ccn1. The van der Waals surface area contributed by atoms with E-state index in [0.717, 1.165) is 24.3 Å². The van der Waals surface area contributed by atoms with Crippen LogP contribution in [0, 0.1) is 0 Å². The Balaban J connectivity index is 1.81. The molecule has 208 valence electrons.